The first-order valence-corrected chi connectivity index (χ1v) is 11.2. The Labute approximate surface area is 189 Å². The summed E-state index contributed by atoms with van der Waals surface area (Å²) in [6, 6.07) is 16.9. The van der Waals surface area contributed by atoms with Crippen LogP contribution in [-0.2, 0) is 16.1 Å². The van der Waals surface area contributed by atoms with Crippen LogP contribution in [0.3, 0.4) is 0 Å². The summed E-state index contributed by atoms with van der Waals surface area (Å²) >= 11 is 1.50. The predicted octanol–water partition coefficient (Wildman–Crippen LogP) is 4.38. The van der Waals surface area contributed by atoms with Crippen LogP contribution in [0.1, 0.15) is 12.0 Å². The highest BCUT2D eigenvalue weighted by Gasteiger charge is 2.46. The Morgan fingerprint density at radius 2 is 1.81 bits per heavy atom. The summed E-state index contributed by atoms with van der Waals surface area (Å²) in [5.41, 5.74) is 1.24. The molecule has 0 bridgehead atoms. The molecule has 1 aliphatic heterocycles. The van der Waals surface area contributed by atoms with Gasteiger partial charge in [-0.2, -0.15) is 0 Å². The second-order valence-electron chi connectivity index (χ2n) is 7.45. The zero-order valence-corrected chi connectivity index (χ0v) is 18.5. The molecule has 1 heterocycles. The van der Waals surface area contributed by atoms with E-state index in [1.54, 1.807) is 25.3 Å². The van der Waals surface area contributed by atoms with Crippen molar-refractivity contribution in [1.82, 2.24) is 4.90 Å². The number of hydrogen-bond donors (Lipinski definition) is 1. The van der Waals surface area contributed by atoms with Crippen LogP contribution in [0.4, 0.5) is 10.5 Å². The molecule has 164 valence electrons. The average Bonchev–Trinajstić information content (AvgIpc) is 3.02. The fraction of sp³-hybridized carbons (Fsp3) is 0.208. The molecule has 7 nitrogen and oxygen atoms in total. The number of rotatable bonds is 7. The number of carboxylic acids is 1. The summed E-state index contributed by atoms with van der Waals surface area (Å²) in [5, 5.41) is 11.3. The van der Waals surface area contributed by atoms with Crippen molar-refractivity contribution < 1.29 is 24.2 Å². The van der Waals surface area contributed by atoms with Gasteiger partial charge in [0, 0.05) is 11.4 Å². The van der Waals surface area contributed by atoms with Gasteiger partial charge in [0.25, 0.3) is 5.91 Å². The van der Waals surface area contributed by atoms with Crippen LogP contribution in [0, 0.1) is 0 Å². The maximum Gasteiger partial charge on any atom is 0.332 e. The highest BCUT2D eigenvalue weighted by atomic mass is 32.2. The van der Waals surface area contributed by atoms with E-state index in [2.05, 4.69) is 0 Å². The number of carbonyl (C=O) groups is 3. The highest BCUT2D eigenvalue weighted by molar-refractivity contribution is 7.98. The zero-order valence-electron chi connectivity index (χ0n) is 17.6. The lowest BCUT2D eigenvalue weighted by molar-refractivity contribution is -0.140. The number of urea groups is 1. The molecule has 3 aromatic carbocycles. The van der Waals surface area contributed by atoms with E-state index in [4.69, 9.17) is 4.74 Å². The van der Waals surface area contributed by atoms with Gasteiger partial charge in [0.15, 0.2) is 0 Å². The van der Waals surface area contributed by atoms with Crippen molar-refractivity contribution in [2.45, 2.75) is 23.9 Å². The molecule has 1 aliphatic rings. The number of carbonyl (C=O) groups excluding carboxylic acids is 2. The van der Waals surface area contributed by atoms with Crippen molar-refractivity contribution in [1.29, 1.82) is 0 Å². The molecule has 0 radical (unpaired) electrons. The molecule has 1 atom stereocenters. The fourth-order valence-electron chi connectivity index (χ4n) is 3.86. The lowest BCUT2D eigenvalue weighted by Gasteiger charge is -2.21. The SMILES string of the molecule is COc1ccc2cc(CN3C(=O)N(c4cccc(SC)c4)C(=O)[C@@H]3CC(=O)O)ccc2c1. The third-order valence-corrected chi connectivity index (χ3v) is 6.19. The van der Waals surface area contributed by atoms with Crippen molar-refractivity contribution >= 4 is 46.1 Å². The minimum atomic E-state index is -1.13. The molecule has 32 heavy (non-hydrogen) atoms. The molecule has 0 unspecified atom stereocenters. The van der Waals surface area contributed by atoms with Crippen LogP contribution in [0.5, 0.6) is 5.75 Å². The second-order valence-corrected chi connectivity index (χ2v) is 8.33. The molecule has 0 spiro atoms. The lowest BCUT2D eigenvalue weighted by Crippen LogP contribution is -2.36. The maximum atomic E-state index is 13.3. The number of ether oxygens (including phenoxy) is 1. The number of nitrogens with zero attached hydrogens (tertiary/aromatic N) is 2. The molecular weight excluding hydrogens is 428 g/mol. The van der Waals surface area contributed by atoms with Gasteiger partial charge in [0.1, 0.15) is 11.8 Å². The monoisotopic (exact) mass is 450 g/mol. The number of hydrogen-bond acceptors (Lipinski definition) is 5. The van der Waals surface area contributed by atoms with Gasteiger partial charge in [-0.15, -0.1) is 11.8 Å². The summed E-state index contributed by atoms with van der Waals surface area (Å²) in [7, 11) is 1.61. The number of carboxylic acid groups (broad SMARTS) is 1. The minimum Gasteiger partial charge on any atom is -0.497 e. The van der Waals surface area contributed by atoms with Gasteiger partial charge < -0.3 is 14.7 Å². The Balaban J connectivity index is 1.67. The third kappa shape index (κ3) is 4.13. The molecule has 1 fully saturated rings. The van der Waals surface area contributed by atoms with E-state index in [-0.39, 0.29) is 6.54 Å². The van der Waals surface area contributed by atoms with E-state index in [1.165, 1.54) is 16.7 Å². The van der Waals surface area contributed by atoms with E-state index in [0.717, 1.165) is 31.9 Å². The van der Waals surface area contributed by atoms with Crippen molar-refractivity contribution in [2.24, 2.45) is 0 Å². The molecule has 0 aliphatic carbocycles. The summed E-state index contributed by atoms with van der Waals surface area (Å²) in [5.74, 6) is -0.914. The summed E-state index contributed by atoms with van der Waals surface area (Å²) in [6.45, 7) is 0.128. The molecule has 8 heteroatoms. The van der Waals surface area contributed by atoms with E-state index < -0.39 is 30.4 Å². The predicted molar refractivity (Wildman–Crippen MR) is 123 cm³/mol. The molecule has 4 rings (SSSR count). The topological polar surface area (TPSA) is 87.2 Å². The molecule has 3 amide bonds. The Hall–Kier alpha value is -3.52. The smallest absolute Gasteiger partial charge is 0.332 e. The normalized spacial score (nSPS) is 16.1. The van der Waals surface area contributed by atoms with Gasteiger partial charge in [-0.05, 0) is 59.0 Å². The summed E-state index contributed by atoms with van der Waals surface area (Å²) < 4.78 is 5.25. The van der Waals surface area contributed by atoms with Crippen molar-refractivity contribution in [2.75, 3.05) is 18.3 Å². The third-order valence-electron chi connectivity index (χ3n) is 5.46. The first-order chi connectivity index (χ1) is 15.4. The van der Waals surface area contributed by atoms with Crippen LogP contribution < -0.4 is 9.64 Å². The Morgan fingerprint density at radius 1 is 1.06 bits per heavy atom. The first-order valence-electron chi connectivity index (χ1n) is 9.98. The van der Waals surface area contributed by atoms with Crippen LogP contribution in [0.2, 0.25) is 0 Å². The average molecular weight is 451 g/mol. The summed E-state index contributed by atoms with van der Waals surface area (Å²) in [4.78, 5) is 41.2. The first kappa shape index (κ1) is 21.7. The second kappa shape index (κ2) is 8.92. The van der Waals surface area contributed by atoms with Crippen LogP contribution in [0.15, 0.2) is 65.6 Å². The number of methoxy groups -OCH3 is 1. The zero-order chi connectivity index (χ0) is 22.8. The fourth-order valence-corrected chi connectivity index (χ4v) is 4.31. The van der Waals surface area contributed by atoms with Crippen molar-refractivity contribution in [3.8, 4) is 5.75 Å². The number of anilines is 1. The van der Waals surface area contributed by atoms with E-state index in [0.29, 0.717) is 5.69 Å². The molecular formula is C24H22N2O5S. The molecule has 1 N–H and O–H groups in total. The summed E-state index contributed by atoms with van der Waals surface area (Å²) in [6.07, 6.45) is 1.45. The van der Waals surface area contributed by atoms with E-state index in [1.807, 2.05) is 48.7 Å². The molecule has 1 saturated heterocycles. The van der Waals surface area contributed by atoms with E-state index >= 15 is 0 Å². The molecule has 0 saturated carbocycles. The Morgan fingerprint density at radius 3 is 2.53 bits per heavy atom. The molecule has 0 aromatic heterocycles. The van der Waals surface area contributed by atoms with Crippen LogP contribution in [-0.4, -0.2) is 47.3 Å². The number of fused-ring (bicyclic) bond motifs is 1. The van der Waals surface area contributed by atoms with Crippen molar-refractivity contribution in [3.63, 3.8) is 0 Å². The minimum absolute atomic E-state index is 0.128. The quantitative estimate of drug-likeness (QED) is 0.425. The highest BCUT2D eigenvalue weighted by Crippen LogP contribution is 2.31. The largest absolute Gasteiger partial charge is 0.497 e. The van der Waals surface area contributed by atoms with Crippen LogP contribution >= 0.6 is 11.8 Å². The van der Waals surface area contributed by atoms with E-state index in [9.17, 15) is 19.5 Å². The van der Waals surface area contributed by atoms with Gasteiger partial charge in [-0.25, -0.2) is 9.69 Å². The van der Waals surface area contributed by atoms with Crippen LogP contribution in [0.25, 0.3) is 10.8 Å². The Bertz CT molecular complexity index is 1210. The number of aliphatic carboxylic acids is 1. The number of amides is 3. The van der Waals surface area contributed by atoms with Crippen molar-refractivity contribution in [3.05, 3.63) is 66.2 Å². The Kier molecular flexibility index (Phi) is 6.05. The number of imide groups is 1. The van der Waals surface area contributed by atoms with Gasteiger partial charge in [-0.1, -0.05) is 24.3 Å². The van der Waals surface area contributed by atoms with Gasteiger partial charge in [-0.3, -0.25) is 9.59 Å². The van der Waals surface area contributed by atoms with Gasteiger partial charge in [0.2, 0.25) is 0 Å². The number of thioether (sulfide) groups is 1. The number of benzene rings is 3. The maximum absolute atomic E-state index is 13.3. The lowest BCUT2D eigenvalue weighted by atomic mass is 10.1. The van der Waals surface area contributed by atoms with Gasteiger partial charge >= 0.3 is 12.0 Å². The standard InChI is InChI=1S/C24H22N2O5S/c1-31-19-9-8-16-10-15(6-7-17(16)11-19)14-25-21(13-22(27)28)23(29)26(24(25)30)18-4-3-5-20(12-18)32-2/h3-12,21H,13-14H2,1-2H3,(H,27,28)/t21-/m0/s1. The van der Waals surface area contributed by atoms with Gasteiger partial charge in [0.05, 0.1) is 19.2 Å². The molecule has 3 aromatic rings.